The summed E-state index contributed by atoms with van der Waals surface area (Å²) in [4.78, 5) is 38.3. The zero-order chi connectivity index (χ0) is 21.7. The number of halogens is 1. The molecule has 0 aliphatic rings. The summed E-state index contributed by atoms with van der Waals surface area (Å²) in [5, 5.41) is 6.17. The van der Waals surface area contributed by atoms with Crippen molar-refractivity contribution in [2.75, 3.05) is 17.2 Å². The van der Waals surface area contributed by atoms with Crippen molar-refractivity contribution in [1.82, 2.24) is 0 Å². The molecule has 8 heteroatoms. The molecule has 6 nitrogen and oxygen atoms in total. The van der Waals surface area contributed by atoms with E-state index in [0.717, 1.165) is 11.3 Å². The topological polar surface area (TPSA) is 84.5 Å². The third-order valence-electron chi connectivity index (χ3n) is 4.18. The molecule has 2 amide bonds. The van der Waals surface area contributed by atoms with Gasteiger partial charge in [-0.1, -0.05) is 35.9 Å². The van der Waals surface area contributed by atoms with Crippen LogP contribution in [0.1, 0.15) is 42.9 Å². The number of carbonyl (C=O) groups is 3. The van der Waals surface area contributed by atoms with Crippen LogP contribution in [0.2, 0.25) is 5.02 Å². The summed E-state index contributed by atoms with van der Waals surface area (Å²) in [7, 11) is 0. The van der Waals surface area contributed by atoms with Gasteiger partial charge in [-0.2, -0.15) is 0 Å². The highest BCUT2D eigenvalue weighted by molar-refractivity contribution is 7.19. The van der Waals surface area contributed by atoms with E-state index in [-0.39, 0.29) is 23.1 Å². The Labute approximate surface area is 182 Å². The fourth-order valence-corrected chi connectivity index (χ4v) is 4.06. The second kappa shape index (κ2) is 9.56. The highest BCUT2D eigenvalue weighted by Gasteiger charge is 2.27. The lowest BCUT2D eigenvalue weighted by atomic mass is 10.1. The smallest absolute Gasteiger partial charge is 0.341 e. The first-order valence-corrected chi connectivity index (χ1v) is 10.3. The molecule has 0 saturated carbocycles. The van der Waals surface area contributed by atoms with Crippen LogP contribution in [-0.4, -0.2) is 24.4 Å². The first-order chi connectivity index (χ1) is 14.4. The largest absolute Gasteiger partial charge is 0.462 e. The highest BCUT2D eigenvalue weighted by Crippen LogP contribution is 2.34. The maximum absolute atomic E-state index is 12.8. The van der Waals surface area contributed by atoms with Crippen molar-refractivity contribution in [2.24, 2.45) is 0 Å². The predicted octanol–water partition coefficient (Wildman–Crippen LogP) is 5.39. The molecule has 0 atom stereocenters. The van der Waals surface area contributed by atoms with Crippen LogP contribution in [0.15, 0.2) is 54.6 Å². The number of anilines is 2. The van der Waals surface area contributed by atoms with Crippen LogP contribution >= 0.6 is 22.9 Å². The second-order valence-electron chi connectivity index (χ2n) is 6.27. The summed E-state index contributed by atoms with van der Waals surface area (Å²) >= 11 is 6.98. The van der Waals surface area contributed by atoms with Gasteiger partial charge in [-0.15, -0.1) is 11.3 Å². The lowest BCUT2D eigenvalue weighted by Crippen LogP contribution is -2.15. The number of nitrogens with one attached hydrogen (secondary N) is 2. The minimum atomic E-state index is -0.605. The van der Waals surface area contributed by atoms with Crippen molar-refractivity contribution in [3.63, 3.8) is 0 Å². The molecule has 0 aliphatic carbocycles. The Morgan fingerprint density at radius 3 is 2.40 bits per heavy atom. The Morgan fingerprint density at radius 2 is 1.73 bits per heavy atom. The molecule has 0 aliphatic heterocycles. The zero-order valence-corrected chi connectivity index (χ0v) is 17.9. The van der Waals surface area contributed by atoms with Gasteiger partial charge in [0.1, 0.15) is 5.00 Å². The molecular formula is C22H19ClN2O4S. The van der Waals surface area contributed by atoms with E-state index in [4.69, 9.17) is 16.3 Å². The van der Waals surface area contributed by atoms with Gasteiger partial charge >= 0.3 is 5.97 Å². The van der Waals surface area contributed by atoms with Crippen molar-refractivity contribution < 1.29 is 19.1 Å². The van der Waals surface area contributed by atoms with Crippen LogP contribution in [0.25, 0.3) is 0 Å². The van der Waals surface area contributed by atoms with Crippen molar-refractivity contribution in [3.05, 3.63) is 81.2 Å². The van der Waals surface area contributed by atoms with Crippen molar-refractivity contribution in [1.29, 1.82) is 0 Å². The number of para-hydroxylation sites is 1. The van der Waals surface area contributed by atoms with Gasteiger partial charge in [-0.3, -0.25) is 9.59 Å². The number of benzene rings is 2. The van der Waals surface area contributed by atoms with E-state index in [1.54, 1.807) is 56.3 Å². The quantitative estimate of drug-likeness (QED) is 0.501. The first-order valence-electron chi connectivity index (χ1n) is 9.14. The normalized spacial score (nSPS) is 10.4. The number of ether oxygens (including phenoxy) is 1. The number of hydrogen-bond donors (Lipinski definition) is 2. The molecule has 1 aromatic heterocycles. The average Bonchev–Trinajstić information content (AvgIpc) is 3.05. The molecule has 30 heavy (non-hydrogen) atoms. The van der Waals surface area contributed by atoms with E-state index < -0.39 is 11.9 Å². The van der Waals surface area contributed by atoms with Gasteiger partial charge in [0, 0.05) is 16.3 Å². The summed E-state index contributed by atoms with van der Waals surface area (Å²) in [6, 6.07) is 15.4. The standard InChI is InChI=1S/C22H19ClN2O4S/c1-3-29-22(28)17-13(2)18(20(27)24-16-10-5-4-6-11-16)30-21(17)25-19(26)14-8-7-9-15(23)12-14/h4-12H,3H2,1-2H3,(H,24,27)(H,25,26). The van der Waals surface area contributed by atoms with Crippen LogP contribution in [-0.2, 0) is 4.74 Å². The molecule has 0 bridgehead atoms. The summed E-state index contributed by atoms with van der Waals surface area (Å²) in [6.45, 7) is 3.51. The van der Waals surface area contributed by atoms with E-state index in [0.29, 0.717) is 26.7 Å². The van der Waals surface area contributed by atoms with Crippen LogP contribution in [0.5, 0.6) is 0 Å². The lowest BCUT2D eigenvalue weighted by Gasteiger charge is -2.07. The van der Waals surface area contributed by atoms with E-state index in [9.17, 15) is 14.4 Å². The van der Waals surface area contributed by atoms with Gasteiger partial charge < -0.3 is 15.4 Å². The van der Waals surface area contributed by atoms with Gasteiger partial charge in [0.25, 0.3) is 11.8 Å². The average molecular weight is 443 g/mol. The van der Waals surface area contributed by atoms with Crippen LogP contribution in [0.4, 0.5) is 10.7 Å². The van der Waals surface area contributed by atoms with Gasteiger partial charge in [0.15, 0.2) is 0 Å². The molecule has 3 rings (SSSR count). The fourth-order valence-electron chi connectivity index (χ4n) is 2.78. The second-order valence-corrected chi connectivity index (χ2v) is 7.72. The van der Waals surface area contributed by atoms with Crippen molar-refractivity contribution in [2.45, 2.75) is 13.8 Å². The Hall–Kier alpha value is -3.16. The molecule has 0 radical (unpaired) electrons. The molecule has 0 spiro atoms. The summed E-state index contributed by atoms with van der Waals surface area (Å²) < 4.78 is 5.13. The molecule has 154 valence electrons. The van der Waals surface area contributed by atoms with Crippen LogP contribution in [0, 0.1) is 6.92 Å². The maximum atomic E-state index is 12.8. The van der Waals surface area contributed by atoms with Gasteiger partial charge in [0.2, 0.25) is 0 Å². The van der Waals surface area contributed by atoms with E-state index >= 15 is 0 Å². The molecule has 3 aromatic rings. The van der Waals surface area contributed by atoms with Crippen molar-refractivity contribution >= 4 is 51.4 Å². The summed E-state index contributed by atoms with van der Waals surface area (Å²) in [5.74, 6) is -1.43. The number of thiophene rings is 1. The SMILES string of the molecule is CCOC(=O)c1c(NC(=O)c2cccc(Cl)c2)sc(C(=O)Nc2ccccc2)c1C. The maximum Gasteiger partial charge on any atom is 0.341 e. The number of carbonyl (C=O) groups excluding carboxylic acids is 3. The van der Waals surface area contributed by atoms with E-state index in [2.05, 4.69) is 10.6 Å². The van der Waals surface area contributed by atoms with Gasteiger partial charge in [-0.25, -0.2) is 4.79 Å². The number of esters is 1. The molecule has 2 N–H and O–H groups in total. The Balaban J connectivity index is 1.94. The molecule has 2 aromatic carbocycles. The molecule has 0 unspecified atom stereocenters. The summed E-state index contributed by atoms with van der Waals surface area (Å²) in [6.07, 6.45) is 0. The molecule has 1 heterocycles. The molecule has 0 fully saturated rings. The number of hydrogen-bond acceptors (Lipinski definition) is 5. The molecule has 0 saturated heterocycles. The van der Waals surface area contributed by atoms with Crippen molar-refractivity contribution in [3.8, 4) is 0 Å². The van der Waals surface area contributed by atoms with E-state index in [1.165, 1.54) is 6.07 Å². The number of rotatable bonds is 6. The van der Waals surface area contributed by atoms with E-state index in [1.807, 2.05) is 6.07 Å². The minimum Gasteiger partial charge on any atom is -0.462 e. The predicted molar refractivity (Wildman–Crippen MR) is 119 cm³/mol. The third kappa shape index (κ3) is 4.87. The Bertz CT molecular complexity index is 1100. The lowest BCUT2D eigenvalue weighted by molar-refractivity contribution is 0.0527. The summed E-state index contributed by atoms with van der Waals surface area (Å²) in [5.41, 5.74) is 1.56. The third-order valence-corrected chi connectivity index (χ3v) is 5.62. The van der Waals surface area contributed by atoms with Gasteiger partial charge in [0.05, 0.1) is 17.0 Å². The van der Waals surface area contributed by atoms with Crippen LogP contribution < -0.4 is 10.6 Å². The van der Waals surface area contributed by atoms with Gasteiger partial charge in [-0.05, 0) is 49.7 Å². The fraction of sp³-hybridized carbons (Fsp3) is 0.136. The first kappa shape index (κ1) is 21.5. The monoisotopic (exact) mass is 442 g/mol. The van der Waals surface area contributed by atoms with Crippen LogP contribution in [0.3, 0.4) is 0 Å². The zero-order valence-electron chi connectivity index (χ0n) is 16.3. The molecular weight excluding hydrogens is 424 g/mol. The number of amides is 2. The Morgan fingerprint density at radius 1 is 1.00 bits per heavy atom. The Kier molecular flexibility index (Phi) is 6.87. The highest BCUT2D eigenvalue weighted by atomic mass is 35.5. The minimum absolute atomic E-state index is 0.162.